The van der Waals surface area contributed by atoms with E-state index >= 15 is 0 Å². The number of alkyl halides is 3. The van der Waals surface area contributed by atoms with E-state index in [1.54, 1.807) is 11.7 Å². The van der Waals surface area contributed by atoms with E-state index in [1.807, 2.05) is 19.4 Å². The summed E-state index contributed by atoms with van der Waals surface area (Å²) >= 11 is 0. The second kappa shape index (κ2) is 8.36. The maximum absolute atomic E-state index is 12.0. The number of aromatic nitrogens is 2. The standard InChI is InChI=1S/C15H24F3N5O/c1-19-14(20-5-3-7-24-11-15(16,17)18)23-6-4-12(10-23)13-8-21-22(2)9-13/h8-9,12H,3-7,10-11H2,1-2H3,(H,19,20). The van der Waals surface area contributed by atoms with Gasteiger partial charge in [0.1, 0.15) is 6.61 Å². The molecule has 1 atom stereocenters. The molecule has 24 heavy (non-hydrogen) atoms. The lowest BCUT2D eigenvalue weighted by atomic mass is 10.0. The van der Waals surface area contributed by atoms with E-state index in [4.69, 9.17) is 0 Å². The van der Waals surface area contributed by atoms with Crippen LogP contribution in [0.5, 0.6) is 0 Å². The number of hydrogen-bond acceptors (Lipinski definition) is 3. The van der Waals surface area contributed by atoms with Gasteiger partial charge in [-0.15, -0.1) is 0 Å². The normalized spacial score (nSPS) is 19.1. The van der Waals surface area contributed by atoms with Crippen LogP contribution in [0.1, 0.15) is 24.3 Å². The van der Waals surface area contributed by atoms with E-state index in [1.165, 1.54) is 5.56 Å². The molecule has 2 rings (SSSR count). The molecule has 0 radical (unpaired) electrons. The molecule has 0 bridgehead atoms. The molecule has 136 valence electrons. The third-order valence-corrected chi connectivity index (χ3v) is 3.91. The molecule has 1 unspecified atom stereocenters. The molecule has 1 aliphatic rings. The van der Waals surface area contributed by atoms with Gasteiger partial charge in [0.25, 0.3) is 0 Å². The van der Waals surface area contributed by atoms with E-state index in [0.29, 0.717) is 18.9 Å². The van der Waals surface area contributed by atoms with Crippen LogP contribution in [0, 0.1) is 0 Å². The SMILES string of the molecule is CN=C(NCCCOCC(F)(F)F)N1CCC(c2cnn(C)c2)C1. The van der Waals surface area contributed by atoms with Crippen molar-refractivity contribution in [2.45, 2.75) is 24.9 Å². The van der Waals surface area contributed by atoms with Gasteiger partial charge in [0.05, 0.1) is 6.20 Å². The van der Waals surface area contributed by atoms with Gasteiger partial charge >= 0.3 is 6.18 Å². The number of nitrogens with zero attached hydrogens (tertiary/aromatic N) is 4. The molecule has 0 spiro atoms. The minimum atomic E-state index is -4.26. The second-order valence-electron chi connectivity index (χ2n) is 5.87. The van der Waals surface area contributed by atoms with Crippen LogP contribution in [-0.2, 0) is 11.8 Å². The molecular weight excluding hydrogens is 323 g/mol. The molecule has 1 saturated heterocycles. The lowest BCUT2D eigenvalue weighted by molar-refractivity contribution is -0.173. The van der Waals surface area contributed by atoms with E-state index in [-0.39, 0.29) is 6.61 Å². The Labute approximate surface area is 139 Å². The minimum Gasteiger partial charge on any atom is -0.372 e. The van der Waals surface area contributed by atoms with Crippen LogP contribution in [0.2, 0.25) is 0 Å². The average Bonchev–Trinajstić information content (AvgIpc) is 3.14. The van der Waals surface area contributed by atoms with Gasteiger partial charge in [-0.25, -0.2) is 0 Å². The van der Waals surface area contributed by atoms with Crippen molar-refractivity contribution in [1.82, 2.24) is 20.0 Å². The first-order valence-electron chi connectivity index (χ1n) is 7.97. The largest absolute Gasteiger partial charge is 0.411 e. The summed E-state index contributed by atoms with van der Waals surface area (Å²) in [6.07, 6.45) is 1.18. The van der Waals surface area contributed by atoms with Crippen LogP contribution >= 0.6 is 0 Å². The summed E-state index contributed by atoms with van der Waals surface area (Å²) in [6, 6.07) is 0. The molecule has 1 aromatic rings. The lowest BCUT2D eigenvalue weighted by Gasteiger charge is -2.21. The molecule has 1 fully saturated rings. The van der Waals surface area contributed by atoms with Crippen molar-refractivity contribution in [3.63, 3.8) is 0 Å². The summed E-state index contributed by atoms with van der Waals surface area (Å²) in [6.45, 7) is 1.15. The van der Waals surface area contributed by atoms with Gasteiger partial charge in [-0.2, -0.15) is 18.3 Å². The van der Waals surface area contributed by atoms with Crippen LogP contribution in [-0.4, -0.2) is 66.7 Å². The number of aryl methyl sites for hydroxylation is 1. The molecule has 1 N–H and O–H groups in total. The van der Waals surface area contributed by atoms with Gasteiger partial charge in [-0.1, -0.05) is 0 Å². The highest BCUT2D eigenvalue weighted by molar-refractivity contribution is 5.80. The molecule has 0 saturated carbocycles. The summed E-state index contributed by atoms with van der Waals surface area (Å²) in [5, 5.41) is 7.38. The molecule has 2 heterocycles. The van der Waals surface area contributed by atoms with Crippen molar-refractivity contribution in [1.29, 1.82) is 0 Å². The van der Waals surface area contributed by atoms with Crippen LogP contribution in [0.25, 0.3) is 0 Å². The summed E-state index contributed by atoms with van der Waals surface area (Å²) in [5.41, 5.74) is 1.22. The van der Waals surface area contributed by atoms with Gasteiger partial charge in [0, 0.05) is 52.5 Å². The van der Waals surface area contributed by atoms with Gasteiger partial charge in [-0.3, -0.25) is 9.67 Å². The highest BCUT2D eigenvalue weighted by Gasteiger charge is 2.28. The maximum Gasteiger partial charge on any atom is 0.411 e. The Morgan fingerprint density at radius 2 is 2.29 bits per heavy atom. The number of nitrogens with one attached hydrogen (secondary N) is 1. The predicted molar refractivity (Wildman–Crippen MR) is 85.0 cm³/mol. The van der Waals surface area contributed by atoms with Gasteiger partial charge in [0.15, 0.2) is 5.96 Å². The second-order valence-corrected chi connectivity index (χ2v) is 5.87. The van der Waals surface area contributed by atoms with Crippen LogP contribution in [0.3, 0.4) is 0 Å². The average molecular weight is 347 g/mol. The van der Waals surface area contributed by atoms with Gasteiger partial charge < -0.3 is 15.0 Å². The van der Waals surface area contributed by atoms with Crippen molar-refractivity contribution < 1.29 is 17.9 Å². The molecule has 0 aliphatic carbocycles. The van der Waals surface area contributed by atoms with Gasteiger partial charge in [-0.05, 0) is 18.4 Å². The first-order valence-corrected chi connectivity index (χ1v) is 7.97. The molecule has 0 amide bonds. The first-order chi connectivity index (χ1) is 11.4. The Kier molecular flexibility index (Phi) is 6.47. The number of guanidine groups is 1. The van der Waals surface area contributed by atoms with E-state index in [2.05, 4.69) is 25.0 Å². The lowest BCUT2D eigenvalue weighted by Crippen LogP contribution is -2.40. The van der Waals surface area contributed by atoms with Crippen LogP contribution in [0.4, 0.5) is 13.2 Å². The summed E-state index contributed by atoms with van der Waals surface area (Å²) in [5.74, 6) is 1.20. The van der Waals surface area contributed by atoms with Gasteiger partial charge in [0.2, 0.25) is 0 Å². The Balaban J connectivity index is 1.69. The Morgan fingerprint density at radius 3 is 2.92 bits per heavy atom. The number of likely N-dealkylation sites (tertiary alicyclic amines) is 1. The van der Waals surface area contributed by atoms with E-state index < -0.39 is 12.8 Å². The number of aliphatic imine (C=N–C) groups is 1. The molecule has 1 aromatic heterocycles. The topological polar surface area (TPSA) is 54.7 Å². The number of halogens is 3. The zero-order chi connectivity index (χ0) is 17.6. The summed E-state index contributed by atoms with van der Waals surface area (Å²) in [4.78, 5) is 6.41. The number of hydrogen-bond donors (Lipinski definition) is 1. The monoisotopic (exact) mass is 347 g/mol. The fourth-order valence-corrected chi connectivity index (χ4v) is 2.77. The molecule has 9 heteroatoms. The Bertz CT molecular complexity index is 543. The smallest absolute Gasteiger partial charge is 0.372 e. The predicted octanol–water partition coefficient (Wildman–Crippen LogP) is 1.75. The molecule has 0 aromatic carbocycles. The third kappa shape index (κ3) is 5.70. The fraction of sp³-hybridized carbons (Fsp3) is 0.733. The van der Waals surface area contributed by atoms with Crippen molar-refractivity contribution >= 4 is 5.96 Å². The third-order valence-electron chi connectivity index (χ3n) is 3.91. The van der Waals surface area contributed by atoms with Crippen molar-refractivity contribution in [3.05, 3.63) is 18.0 Å². The zero-order valence-corrected chi connectivity index (χ0v) is 14.0. The minimum absolute atomic E-state index is 0.0712. The van der Waals surface area contributed by atoms with Crippen molar-refractivity contribution in [2.24, 2.45) is 12.0 Å². The summed E-state index contributed by atoms with van der Waals surface area (Å²) in [7, 11) is 3.61. The Morgan fingerprint density at radius 1 is 1.50 bits per heavy atom. The van der Waals surface area contributed by atoms with E-state index in [0.717, 1.165) is 25.5 Å². The zero-order valence-electron chi connectivity index (χ0n) is 14.0. The Hall–Kier alpha value is -1.77. The highest BCUT2D eigenvalue weighted by atomic mass is 19.4. The molecule has 1 aliphatic heterocycles. The van der Waals surface area contributed by atoms with Crippen LogP contribution in [0.15, 0.2) is 17.4 Å². The first kappa shape index (κ1) is 18.6. The molecule has 6 nitrogen and oxygen atoms in total. The fourth-order valence-electron chi connectivity index (χ4n) is 2.77. The summed E-state index contributed by atoms with van der Waals surface area (Å²) < 4.78 is 42.3. The molecular formula is C15H24F3N5O. The van der Waals surface area contributed by atoms with E-state index in [9.17, 15) is 13.2 Å². The van der Waals surface area contributed by atoms with Crippen molar-refractivity contribution in [3.8, 4) is 0 Å². The van der Waals surface area contributed by atoms with Crippen molar-refractivity contribution in [2.75, 3.05) is 39.9 Å². The highest BCUT2D eigenvalue weighted by Crippen LogP contribution is 2.26. The van der Waals surface area contributed by atoms with Crippen LogP contribution < -0.4 is 5.32 Å². The number of ether oxygens (including phenoxy) is 1. The number of rotatable bonds is 6. The maximum atomic E-state index is 12.0. The quantitative estimate of drug-likeness (QED) is 0.484.